The molecule has 0 unspecified atom stereocenters. The molecule has 1 fully saturated rings. The summed E-state index contributed by atoms with van der Waals surface area (Å²) in [6, 6.07) is 12.6. The van der Waals surface area contributed by atoms with Gasteiger partial charge in [-0.15, -0.1) is 0 Å². The Labute approximate surface area is 203 Å². The summed E-state index contributed by atoms with van der Waals surface area (Å²) in [5.41, 5.74) is -0.763. The second-order valence-electron chi connectivity index (χ2n) is 9.22. The lowest BCUT2D eigenvalue weighted by molar-refractivity contribution is -0.137. The van der Waals surface area contributed by atoms with Crippen molar-refractivity contribution >= 4 is 19.3 Å². The third kappa shape index (κ3) is 6.79. The first-order chi connectivity index (χ1) is 16.3. The SMILES string of the molecule is COc1cc(C=C(CNC(=O)OCc2ccccc2)B2OC(C)(C)C(C)(C)O2)cc(C(F)(F)F)c1. The Bertz CT molecular complexity index is 1050. The first kappa shape index (κ1) is 26.6. The average Bonchev–Trinajstić information content (AvgIpc) is 3.01. The number of hydrogen-bond acceptors (Lipinski definition) is 5. The number of rotatable bonds is 7. The van der Waals surface area contributed by atoms with Crippen molar-refractivity contribution in [1.29, 1.82) is 0 Å². The van der Waals surface area contributed by atoms with Crippen molar-refractivity contribution in [3.8, 4) is 5.75 Å². The Morgan fingerprint density at radius 1 is 1.06 bits per heavy atom. The van der Waals surface area contributed by atoms with E-state index in [0.717, 1.165) is 17.7 Å². The minimum atomic E-state index is -4.55. The quantitative estimate of drug-likeness (QED) is 0.507. The van der Waals surface area contributed by atoms with Gasteiger partial charge in [0, 0.05) is 6.54 Å². The summed E-state index contributed by atoms with van der Waals surface area (Å²) in [5.74, 6) is 0.0505. The molecule has 0 spiro atoms. The summed E-state index contributed by atoms with van der Waals surface area (Å²) in [4.78, 5) is 12.3. The molecular formula is C25H29BF3NO5. The van der Waals surface area contributed by atoms with Crippen LogP contribution in [0.2, 0.25) is 0 Å². The van der Waals surface area contributed by atoms with E-state index < -0.39 is 36.2 Å². The summed E-state index contributed by atoms with van der Waals surface area (Å²) in [7, 11) is 0.401. The van der Waals surface area contributed by atoms with Crippen LogP contribution in [0, 0.1) is 0 Å². The molecule has 6 nitrogen and oxygen atoms in total. The number of alkyl carbamates (subject to hydrolysis) is 1. The molecule has 0 aliphatic carbocycles. The molecule has 188 valence electrons. The standard InChI is InChI=1S/C25H29BF3NO5/c1-23(2)24(3,4)35-26(34-23)20(15-30-22(31)33-16-17-9-7-6-8-10-17)12-18-11-19(25(27,28)29)14-21(13-18)32-5/h6-14H,15-16H2,1-5H3,(H,30,31). The summed E-state index contributed by atoms with van der Waals surface area (Å²) in [6.07, 6.45) is -3.74. The average molecular weight is 491 g/mol. The van der Waals surface area contributed by atoms with Gasteiger partial charge in [0.15, 0.2) is 0 Å². The largest absolute Gasteiger partial charge is 0.497 e. The van der Waals surface area contributed by atoms with E-state index >= 15 is 0 Å². The fourth-order valence-corrected chi connectivity index (χ4v) is 3.35. The molecule has 0 aromatic heterocycles. The highest BCUT2D eigenvalue weighted by Crippen LogP contribution is 2.39. The van der Waals surface area contributed by atoms with Crippen molar-refractivity contribution in [3.05, 3.63) is 70.7 Å². The molecular weight excluding hydrogens is 462 g/mol. The van der Waals surface area contributed by atoms with E-state index in [-0.39, 0.29) is 24.5 Å². The summed E-state index contributed by atoms with van der Waals surface area (Å²) in [5, 5.41) is 2.64. The number of nitrogens with one attached hydrogen (secondary N) is 1. The van der Waals surface area contributed by atoms with E-state index in [1.165, 1.54) is 19.3 Å². The maximum Gasteiger partial charge on any atom is 0.492 e. The molecule has 1 aliphatic heterocycles. The highest BCUT2D eigenvalue weighted by atomic mass is 19.4. The molecule has 0 radical (unpaired) electrons. The van der Waals surface area contributed by atoms with Crippen LogP contribution in [0.25, 0.3) is 6.08 Å². The molecule has 1 aliphatic rings. The molecule has 3 rings (SSSR count). The molecule has 1 heterocycles. The maximum atomic E-state index is 13.4. The molecule has 2 aromatic carbocycles. The molecule has 1 amide bonds. The number of halogens is 3. The summed E-state index contributed by atoms with van der Waals surface area (Å²) < 4.78 is 62.7. The van der Waals surface area contributed by atoms with Gasteiger partial charge in [0.25, 0.3) is 0 Å². The van der Waals surface area contributed by atoms with Crippen LogP contribution >= 0.6 is 0 Å². The highest BCUT2D eigenvalue weighted by molar-refractivity contribution is 6.56. The van der Waals surface area contributed by atoms with Crippen molar-refractivity contribution in [3.63, 3.8) is 0 Å². The van der Waals surface area contributed by atoms with Crippen LogP contribution < -0.4 is 10.1 Å². The zero-order valence-corrected chi connectivity index (χ0v) is 20.4. The first-order valence-electron chi connectivity index (χ1n) is 11.1. The van der Waals surface area contributed by atoms with E-state index in [9.17, 15) is 18.0 Å². The second kappa shape index (κ2) is 10.3. The van der Waals surface area contributed by atoms with Gasteiger partial charge in [0.2, 0.25) is 0 Å². The lowest BCUT2D eigenvalue weighted by Gasteiger charge is -2.32. The number of carbonyl (C=O) groups is 1. The van der Waals surface area contributed by atoms with Crippen molar-refractivity contribution in [1.82, 2.24) is 5.32 Å². The molecule has 1 N–H and O–H groups in total. The van der Waals surface area contributed by atoms with Crippen LogP contribution in [0.5, 0.6) is 5.75 Å². The lowest BCUT2D eigenvalue weighted by Crippen LogP contribution is -2.41. The van der Waals surface area contributed by atoms with Gasteiger partial charge in [0.1, 0.15) is 12.4 Å². The van der Waals surface area contributed by atoms with Crippen LogP contribution in [0.1, 0.15) is 44.4 Å². The maximum absolute atomic E-state index is 13.4. The van der Waals surface area contributed by atoms with E-state index in [1.54, 1.807) is 0 Å². The van der Waals surface area contributed by atoms with E-state index in [4.69, 9.17) is 18.8 Å². The zero-order chi connectivity index (χ0) is 25.9. The van der Waals surface area contributed by atoms with Crippen LogP contribution in [0.15, 0.2) is 54.0 Å². The van der Waals surface area contributed by atoms with Gasteiger partial charge in [-0.3, -0.25) is 0 Å². The first-order valence-corrected chi connectivity index (χ1v) is 11.1. The van der Waals surface area contributed by atoms with E-state index in [1.807, 2.05) is 58.0 Å². The van der Waals surface area contributed by atoms with Gasteiger partial charge in [-0.1, -0.05) is 36.4 Å². The van der Waals surface area contributed by atoms with E-state index in [2.05, 4.69) is 5.32 Å². The highest BCUT2D eigenvalue weighted by Gasteiger charge is 2.52. The third-order valence-electron chi connectivity index (χ3n) is 6.05. The van der Waals surface area contributed by atoms with Crippen LogP contribution in [0.4, 0.5) is 18.0 Å². The fourth-order valence-electron chi connectivity index (χ4n) is 3.35. The van der Waals surface area contributed by atoms with Gasteiger partial charge in [-0.05, 0) is 62.5 Å². The number of methoxy groups -OCH3 is 1. The molecule has 2 aromatic rings. The minimum absolute atomic E-state index is 0.0505. The van der Waals surface area contributed by atoms with Gasteiger partial charge in [-0.2, -0.15) is 13.2 Å². The molecule has 35 heavy (non-hydrogen) atoms. The van der Waals surface area contributed by atoms with Crippen LogP contribution in [-0.4, -0.2) is 38.1 Å². The van der Waals surface area contributed by atoms with Crippen LogP contribution in [-0.2, 0) is 26.8 Å². The molecule has 0 atom stereocenters. The number of hydrogen-bond donors (Lipinski definition) is 1. The number of alkyl halides is 3. The van der Waals surface area contributed by atoms with Crippen molar-refractivity contribution in [2.75, 3.05) is 13.7 Å². The van der Waals surface area contributed by atoms with Gasteiger partial charge in [0.05, 0.1) is 23.9 Å². The molecule has 10 heteroatoms. The van der Waals surface area contributed by atoms with Gasteiger partial charge in [-0.25, -0.2) is 4.79 Å². The van der Waals surface area contributed by atoms with Crippen molar-refractivity contribution in [2.45, 2.75) is 51.7 Å². The lowest BCUT2D eigenvalue weighted by atomic mass is 9.77. The topological polar surface area (TPSA) is 66.0 Å². The Hall–Kier alpha value is -2.98. The Morgan fingerprint density at radius 3 is 2.26 bits per heavy atom. The summed E-state index contributed by atoms with van der Waals surface area (Å²) in [6.45, 7) is 7.45. The van der Waals surface area contributed by atoms with E-state index in [0.29, 0.717) is 5.47 Å². The smallest absolute Gasteiger partial charge is 0.492 e. The number of benzene rings is 2. The summed E-state index contributed by atoms with van der Waals surface area (Å²) >= 11 is 0. The zero-order valence-electron chi connectivity index (χ0n) is 20.4. The fraction of sp³-hybridized carbons (Fsp3) is 0.400. The van der Waals surface area contributed by atoms with Gasteiger partial charge < -0.3 is 24.1 Å². The monoisotopic (exact) mass is 491 g/mol. The van der Waals surface area contributed by atoms with Gasteiger partial charge >= 0.3 is 19.4 Å². The van der Waals surface area contributed by atoms with Crippen molar-refractivity contribution in [2.24, 2.45) is 0 Å². The predicted octanol–water partition coefficient (Wildman–Crippen LogP) is 5.66. The molecule has 0 saturated carbocycles. The molecule has 1 saturated heterocycles. The molecule has 0 bridgehead atoms. The number of amides is 1. The van der Waals surface area contributed by atoms with Crippen LogP contribution in [0.3, 0.4) is 0 Å². The Morgan fingerprint density at radius 2 is 1.69 bits per heavy atom. The minimum Gasteiger partial charge on any atom is -0.497 e. The number of ether oxygens (including phenoxy) is 2. The number of carbonyl (C=O) groups excluding carboxylic acids is 1. The Kier molecular flexibility index (Phi) is 7.86. The predicted molar refractivity (Wildman–Crippen MR) is 127 cm³/mol. The Balaban J connectivity index is 1.85. The normalized spacial score (nSPS) is 17.3. The second-order valence-corrected chi connectivity index (χ2v) is 9.22. The van der Waals surface area contributed by atoms with Crippen molar-refractivity contribution < 1.29 is 36.7 Å². The third-order valence-corrected chi connectivity index (χ3v) is 6.05.